The molecule has 1 atom stereocenters. The number of nitrogens with one attached hydrogen (secondary N) is 1. The molecule has 3 aromatic rings. The van der Waals surface area contributed by atoms with Gasteiger partial charge in [-0.15, -0.1) is 0 Å². The molecule has 0 aliphatic carbocycles. The van der Waals surface area contributed by atoms with Gasteiger partial charge in [-0.25, -0.2) is 4.98 Å². The Balaban J connectivity index is 1.61. The van der Waals surface area contributed by atoms with Crippen LogP contribution < -0.4 is 15.0 Å². The lowest BCUT2D eigenvalue weighted by molar-refractivity contribution is 0.220. The van der Waals surface area contributed by atoms with Crippen molar-refractivity contribution in [2.24, 2.45) is 0 Å². The lowest BCUT2D eigenvalue weighted by Gasteiger charge is -2.16. The number of hydrogen-bond acceptors (Lipinski definition) is 5. The number of ether oxygens (including phenoxy) is 2. The van der Waals surface area contributed by atoms with E-state index in [1.165, 1.54) is 6.07 Å². The molecule has 2 aromatic heterocycles. The summed E-state index contributed by atoms with van der Waals surface area (Å²) in [5.74, 6) is 1.89. The van der Waals surface area contributed by atoms with Gasteiger partial charge in [-0.05, 0) is 56.7 Å². The Morgan fingerprint density at radius 1 is 1.08 bits per heavy atom. The quantitative estimate of drug-likeness (QED) is 0.698. The lowest BCUT2D eigenvalue weighted by Crippen LogP contribution is -2.15. The van der Waals surface area contributed by atoms with Crippen LogP contribution in [-0.4, -0.2) is 22.3 Å². The molecule has 0 fully saturated rings. The predicted molar refractivity (Wildman–Crippen MR) is 98.6 cm³/mol. The molecule has 1 N–H and O–H groups in total. The van der Waals surface area contributed by atoms with Gasteiger partial charge < -0.3 is 14.0 Å². The van der Waals surface area contributed by atoms with E-state index < -0.39 is 0 Å². The van der Waals surface area contributed by atoms with Crippen LogP contribution >= 0.6 is 0 Å². The average molecular weight is 354 g/mol. The third-order valence-corrected chi connectivity index (χ3v) is 3.68. The first-order valence-corrected chi connectivity index (χ1v) is 8.57. The topological polar surface area (TPSA) is 77.4 Å². The fourth-order valence-corrected chi connectivity index (χ4v) is 2.61. The number of aromatic nitrogens is 2. The molecule has 0 aliphatic rings. The Morgan fingerprint density at radius 2 is 1.85 bits per heavy atom. The zero-order valence-electron chi connectivity index (χ0n) is 15.1. The average Bonchev–Trinajstić information content (AvgIpc) is 3.01. The molecular weight excluding hydrogens is 332 g/mol. The fraction of sp³-hybridized carbons (Fsp3) is 0.300. The lowest BCUT2D eigenvalue weighted by atomic mass is 10.1. The van der Waals surface area contributed by atoms with Crippen LogP contribution in [0.4, 0.5) is 0 Å². The van der Waals surface area contributed by atoms with Crippen molar-refractivity contribution in [2.75, 3.05) is 0 Å². The summed E-state index contributed by atoms with van der Waals surface area (Å²) >= 11 is 0. The molecule has 0 radical (unpaired) electrons. The summed E-state index contributed by atoms with van der Waals surface area (Å²) in [6.07, 6.45) is 2.57. The largest absolute Gasteiger partial charge is 0.490 e. The number of nitrogens with zero attached hydrogens (tertiary/aromatic N) is 1. The minimum atomic E-state index is -0.257. The predicted octanol–water partition coefficient (Wildman–Crippen LogP) is 3.83. The monoisotopic (exact) mass is 354 g/mol. The van der Waals surface area contributed by atoms with Gasteiger partial charge in [-0.3, -0.25) is 4.79 Å². The minimum Gasteiger partial charge on any atom is -0.490 e. The van der Waals surface area contributed by atoms with Crippen molar-refractivity contribution in [2.45, 2.75) is 39.4 Å². The van der Waals surface area contributed by atoms with Crippen molar-refractivity contribution in [1.82, 2.24) is 10.1 Å². The molecule has 2 heterocycles. The van der Waals surface area contributed by atoms with Crippen LogP contribution in [0, 0.1) is 0 Å². The second-order valence-corrected chi connectivity index (χ2v) is 6.40. The van der Waals surface area contributed by atoms with Crippen molar-refractivity contribution in [1.29, 1.82) is 0 Å². The SMILES string of the molecule is CC(C)Oc1cc(C[C@H](C)Oc2ccc(-c3cc(=O)[nH]o3)cc2)ccn1. The molecule has 6 nitrogen and oxygen atoms in total. The van der Waals surface area contributed by atoms with Crippen molar-refractivity contribution in [3.05, 3.63) is 64.6 Å². The van der Waals surface area contributed by atoms with E-state index in [4.69, 9.17) is 14.0 Å². The summed E-state index contributed by atoms with van der Waals surface area (Å²) < 4.78 is 16.7. The molecule has 0 bridgehead atoms. The molecule has 26 heavy (non-hydrogen) atoms. The van der Waals surface area contributed by atoms with Crippen molar-refractivity contribution < 1.29 is 14.0 Å². The molecule has 0 amide bonds. The number of aromatic amines is 1. The van der Waals surface area contributed by atoms with E-state index in [1.807, 2.05) is 57.2 Å². The van der Waals surface area contributed by atoms with E-state index in [2.05, 4.69) is 10.1 Å². The summed E-state index contributed by atoms with van der Waals surface area (Å²) in [6, 6.07) is 12.8. The maximum Gasteiger partial charge on any atom is 0.280 e. The Labute approximate surface area is 151 Å². The van der Waals surface area contributed by atoms with Gasteiger partial charge >= 0.3 is 0 Å². The Hall–Kier alpha value is -3.02. The highest BCUT2D eigenvalue weighted by molar-refractivity contribution is 5.57. The van der Waals surface area contributed by atoms with Crippen LogP contribution in [0.3, 0.4) is 0 Å². The molecule has 6 heteroatoms. The van der Waals surface area contributed by atoms with Gasteiger partial charge in [0.2, 0.25) is 5.88 Å². The number of rotatable bonds is 7. The van der Waals surface area contributed by atoms with E-state index in [0.717, 1.165) is 23.3 Å². The van der Waals surface area contributed by atoms with Crippen molar-refractivity contribution >= 4 is 0 Å². The highest BCUT2D eigenvalue weighted by Crippen LogP contribution is 2.22. The van der Waals surface area contributed by atoms with E-state index in [-0.39, 0.29) is 17.8 Å². The van der Waals surface area contributed by atoms with Crippen LogP contribution in [0.2, 0.25) is 0 Å². The first-order valence-electron chi connectivity index (χ1n) is 8.57. The zero-order chi connectivity index (χ0) is 18.5. The zero-order valence-corrected chi connectivity index (χ0v) is 15.1. The van der Waals surface area contributed by atoms with E-state index >= 15 is 0 Å². The van der Waals surface area contributed by atoms with Crippen LogP contribution in [0.25, 0.3) is 11.3 Å². The van der Waals surface area contributed by atoms with Gasteiger partial charge in [-0.1, -0.05) is 0 Å². The summed E-state index contributed by atoms with van der Waals surface area (Å²) in [6.45, 7) is 5.97. The first-order chi connectivity index (χ1) is 12.5. The molecule has 3 rings (SSSR count). The number of H-pyrrole nitrogens is 1. The smallest absolute Gasteiger partial charge is 0.280 e. The molecule has 0 saturated carbocycles. The van der Waals surface area contributed by atoms with Crippen LogP contribution in [0.15, 0.2) is 58.0 Å². The van der Waals surface area contributed by atoms with E-state index in [9.17, 15) is 4.79 Å². The third kappa shape index (κ3) is 4.75. The van der Waals surface area contributed by atoms with Crippen LogP contribution in [0.1, 0.15) is 26.3 Å². The maximum absolute atomic E-state index is 11.1. The summed E-state index contributed by atoms with van der Waals surface area (Å²) in [7, 11) is 0. The second-order valence-electron chi connectivity index (χ2n) is 6.40. The number of pyridine rings is 1. The molecule has 0 saturated heterocycles. The molecule has 0 unspecified atom stereocenters. The van der Waals surface area contributed by atoms with Gasteiger partial charge in [0, 0.05) is 24.2 Å². The van der Waals surface area contributed by atoms with Gasteiger partial charge in [0.1, 0.15) is 5.75 Å². The molecule has 1 aromatic carbocycles. The van der Waals surface area contributed by atoms with Gasteiger partial charge in [0.05, 0.1) is 18.3 Å². The standard InChI is InChI=1S/C20H22N2O4/c1-13(2)24-20-11-15(8-9-21-20)10-14(3)25-17-6-4-16(5-7-17)18-12-19(23)22-26-18/h4-9,11-14H,10H2,1-3H3,(H,22,23)/t14-/m0/s1. The Morgan fingerprint density at radius 3 is 2.50 bits per heavy atom. The fourth-order valence-electron chi connectivity index (χ4n) is 2.61. The highest BCUT2D eigenvalue weighted by atomic mass is 16.5. The molecular formula is C20H22N2O4. The number of benzene rings is 1. The Bertz CT molecular complexity index is 896. The minimum absolute atomic E-state index is 0.0136. The van der Waals surface area contributed by atoms with Gasteiger partial charge in [-0.2, -0.15) is 5.16 Å². The van der Waals surface area contributed by atoms with Crippen LogP contribution in [-0.2, 0) is 6.42 Å². The van der Waals surface area contributed by atoms with Gasteiger partial charge in [0.15, 0.2) is 5.76 Å². The highest BCUT2D eigenvalue weighted by Gasteiger charge is 2.09. The molecule has 136 valence electrons. The molecule has 0 aliphatic heterocycles. The summed E-state index contributed by atoms with van der Waals surface area (Å²) in [5, 5.41) is 2.28. The summed E-state index contributed by atoms with van der Waals surface area (Å²) in [5.41, 5.74) is 1.66. The summed E-state index contributed by atoms with van der Waals surface area (Å²) in [4.78, 5) is 15.4. The number of hydrogen-bond donors (Lipinski definition) is 1. The van der Waals surface area contributed by atoms with E-state index in [0.29, 0.717) is 11.6 Å². The first kappa shape index (κ1) is 17.8. The second kappa shape index (κ2) is 7.91. The maximum atomic E-state index is 11.1. The van der Waals surface area contributed by atoms with Crippen molar-refractivity contribution in [3.8, 4) is 23.0 Å². The third-order valence-electron chi connectivity index (χ3n) is 3.68. The van der Waals surface area contributed by atoms with Crippen molar-refractivity contribution in [3.63, 3.8) is 0 Å². The van der Waals surface area contributed by atoms with E-state index in [1.54, 1.807) is 6.20 Å². The van der Waals surface area contributed by atoms with Gasteiger partial charge in [0.25, 0.3) is 5.56 Å². The normalized spacial score (nSPS) is 12.2. The Kier molecular flexibility index (Phi) is 5.41. The van der Waals surface area contributed by atoms with Crippen LogP contribution in [0.5, 0.6) is 11.6 Å². The molecule has 0 spiro atoms.